The second-order valence-electron chi connectivity index (χ2n) is 6.44. The molecule has 194 valence electrons. The van der Waals surface area contributed by atoms with Crippen LogP contribution in [0.5, 0.6) is 0 Å². The fraction of sp³-hybridized carbons (Fsp3) is 0.154. The Kier molecular flexibility index (Phi) is 21.6. The molecule has 2 N–H and O–H groups in total. The zero-order valence-electron chi connectivity index (χ0n) is 19.4. The second-order valence-corrected chi connectivity index (χ2v) is 9.14. The van der Waals surface area contributed by atoms with Crippen LogP contribution >= 0.6 is 21.6 Å². The van der Waals surface area contributed by atoms with Crippen LogP contribution in [0.1, 0.15) is 0 Å². The first kappa shape index (κ1) is 33.7. The van der Waals surface area contributed by atoms with Gasteiger partial charge in [-0.15, -0.1) is 24.3 Å². The topological polar surface area (TPSA) is 76.7 Å². The van der Waals surface area contributed by atoms with E-state index in [0.29, 0.717) is 24.7 Å². The molecule has 2 amide bonds. The molecule has 4 aromatic rings. The predicted molar refractivity (Wildman–Crippen MR) is 143 cm³/mol. The molecule has 4 aromatic carbocycles. The van der Waals surface area contributed by atoms with Crippen LogP contribution in [0.15, 0.2) is 109 Å². The zero-order chi connectivity index (χ0) is 24.1. The van der Waals surface area contributed by atoms with E-state index in [9.17, 15) is 9.59 Å². The minimum atomic E-state index is -0.459. The molecule has 0 unspecified atom stereocenters. The molecule has 0 aromatic heterocycles. The molecule has 0 aliphatic heterocycles. The predicted octanol–water partition coefficient (Wildman–Crippen LogP) is 7.11. The third-order valence-corrected chi connectivity index (χ3v) is 6.15. The Balaban J connectivity index is 0.000000842. The molecule has 0 spiro atoms. The van der Waals surface area contributed by atoms with Crippen LogP contribution in [0, 0.1) is 0 Å². The van der Waals surface area contributed by atoms with E-state index < -0.39 is 12.2 Å². The van der Waals surface area contributed by atoms with Gasteiger partial charge in [-0.2, -0.15) is 60.7 Å². The van der Waals surface area contributed by atoms with Crippen molar-refractivity contribution < 1.29 is 53.2 Å². The molecule has 0 heterocycles. The molecule has 0 aliphatic carbocycles. The molecule has 4 rings (SSSR count). The number of carbonyl (C=O) groups excluding carboxylic acids is 2. The molecule has 0 fully saturated rings. The molecule has 0 bridgehead atoms. The maximum absolute atomic E-state index is 11.4. The summed E-state index contributed by atoms with van der Waals surface area (Å²) in [5.41, 5.74) is 1.44. The summed E-state index contributed by atoms with van der Waals surface area (Å²) < 4.78 is 10.1. The number of anilines is 2. The van der Waals surface area contributed by atoms with Crippen LogP contribution in [-0.4, -0.2) is 36.9 Å². The van der Waals surface area contributed by atoms with Gasteiger partial charge in [0.2, 0.25) is 0 Å². The van der Waals surface area contributed by atoms with Crippen molar-refractivity contribution in [3.05, 3.63) is 109 Å². The van der Waals surface area contributed by atoms with Crippen molar-refractivity contribution in [2.24, 2.45) is 0 Å². The van der Waals surface area contributed by atoms with Gasteiger partial charge in [0.05, 0.1) is 13.2 Å². The molecule has 0 radical (unpaired) electrons. The van der Waals surface area contributed by atoms with E-state index in [1.54, 1.807) is 45.9 Å². The number of nitrogens with one attached hydrogen (secondary N) is 2. The molecule has 36 heavy (non-hydrogen) atoms. The van der Waals surface area contributed by atoms with E-state index in [0.717, 1.165) is 11.4 Å². The molecule has 0 atom stereocenters. The van der Waals surface area contributed by atoms with Gasteiger partial charge in [0.15, 0.2) is 0 Å². The average Bonchev–Trinajstić information content (AvgIpc) is 3.66. The van der Waals surface area contributed by atoms with Gasteiger partial charge in [0.1, 0.15) is 0 Å². The van der Waals surface area contributed by atoms with Crippen LogP contribution in [0.4, 0.5) is 21.0 Å². The number of ether oxygens (including phenoxy) is 2. The third-order valence-electron chi connectivity index (χ3n) is 3.81. The first-order chi connectivity index (χ1) is 16.7. The van der Waals surface area contributed by atoms with E-state index in [2.05, 4.69) is 10.6 Å². The Morgan fingerprint density at radius 2 is 0.944 bits per heavy atom. The summed E-state index contributed by atoms with van der Waals surface area (Å²) in [6.07, 6.45) is -0.918. The normalized spacial score (nSPS) is 9.00. The Hall–Kier alpha value is -2.32. The van der Waals surface area contributed by atoms with Crippen LogP contribution in [0.2, 0.25) is 0 Å². The summed E-state index contributed by atoms with van der Waals surface area (Å²) in [6.45, 7) is 0.644. The largest absolute Gasteiger partial charge is 2.00 e. The quantitative estimate of drug-likeness (QED) is 0.0914. The van der Waals surface area contributed by atoms with Crippen LogP contribution in [0.3, 0.4) is 0 Å². The molecule has 0 aliphatic rings. The van der Waals surface area contributed by atoms with Gasteiger partial charge >= 0.3 is 46.3 Å². The van der Waals surface area contributed by atoms with Crippen molar-refractivity contribution in [1.82, 2.24) is 0 Å². The molecule has 0 saturated heterocycles. The van der Waals surface area contributed by atoms with Crippen molar-refractivity contribution in [2.75, 3.05) is 35.4 Å². The standard InChI is InChI=1S/C16H18N2O4S2.2C5H5.2Fe/c19-15(17-13-5-1-2-6-13)21-9-11-23-24-12-10-22-16(20)18-14-7-3-4-8-14;2*1-2-4-5-3-1;;/h1-8H,9-12H2,(H,17,19)(H,18,20);2*1-5H;;/q-2;2*-1;2*+2. The van der Waals surface area contributed by atoms with Gasteiger partial charge in [-0.05, 0) is 11.4 Å². The Bertz CT molecular complexity index is 847. The number of rotatable bonds is 9. The van der Waals surface area contributed by atoms with Crippen LogP contribution in [-0.2, 0) is 43.6 Å². The van der Waals surface area contributed by atoms with Gasteiger partial charge in [-0.25, -0.2) is 24.3 Å². The summed E-state index contributed by atoms with van der Waals surface area (Å²) in [5.74, 6) is 1.33. The SMILES string of the molecule is O=C(N[c-]1cccc1)OCCSSCCOC(=O)N[c-]1cccc1.[Fe+2].[Fe+2].c1cc[cH-]c1.c1cc[cH-]c1. The van der Waals surface area contributed by atoms with Crippen molar-refractivity contribution in [3.8, 4) is 0 Å². The number of carbonyl (C=O) groups is 2. The fourth-order valence-electron chi connectivity index (χ4n) is 2.32. The summed E-state index contributed by atoms with van der Waals surface area (Å²) in [6, 6.07) is 34.5. The molecular weight excluding hydrogens is 580 g/mol. The summed E-state index contributed by atoms with van der Waals surface area (Å²) in [7, 11) is 3.12. The number of hydrogen-bond donors (Lipinski definition) is 2. The van der Waals surface area contributed by atoms with Crippen molar-refractivity contribution in [3.63, 3.8) is 0 Å². The Morgan fingerprint density at radius 3 is 1.22 bits per heavy atom. The summed E-state index contributed by atoms with van der Waals surface area (Å²) >= 11 is 0. The van der Waals surface area contributed by atoms with Gasteiger partial charge in [-0.1, -0.05) is 21.6 Å². The first-order valence-electron chi connectivity index (χ1n) is 10.6. The van der Waals surface area contributed by atoms with E-state index in [-0.39, 0.29) is 34.1 Å². The monoisotopic (exact) mass is 608 g/mol. The van der Waals surface area contributed by atoms with E-state index in [1.165, 1.54) is 0 Å². The first-order valence-corrected chi connectivity index (χ1v) is 13.1. The summed E-state index contributed by atoms with van der Waals surface area (Å²) in [5, 5.41) is 5.24. The van der Waals surface area contributed by atoms with Crippen molar-refractivity contribution >= 4 is 45.1 Å². The van der Waals surface area contributed by atoms with Gasteiger partial charge < -0.3 is 20.1 Å². The summed E-state index contributed by atoms with van der Waals surface area (Å²) in [4.78, 5) is 22.9. The van der Waals surface area contributed by atoms with Gasteiger partial charge in [0, 0.05) is 11.5 Å². The van der Waals surface area contributed by atoms with Crippen molar-refractivity contribution in [1.29, 1.82) is 0 Å². The van der Waals surface area contributed by atoms with Gasteiger partial charge in [0.25, 0.3) is 0 Å². The van der Waals surface area contributed by atoms with E-state index >= 15 is 0 Å². The van der Waals surface area contributed by atoms with Gasteiger partial charge in [-0.3, -0.25) is 9.59 Å². The molecule has 6 nitrogen and oxygen atoms in total. The minimum Gasteiger partial charge on any atom is -0.491 e. The van der Waals surface area contributed by atoms with Crippen LogP contribution in [0.25, 0.3) is 0 Å². The van der Waals surface area contributed by atoms with E-state index in [1.807, 2.05) is 84.9 Å². The smallest absolute Gasteiger partial charge is 0.491 e. The maximum atomic E-state index is 11.4. The van der Waals surface area contributed by atoms with Crippen molar-refractivity contribution in [2.45, 2.75) is 0 Å². The van der Waals surface area contributed by atoms with Crippen LogP contribution < -0.4 is 10.6 Å². The molecular formula is C26H28Fe2N2O4S2. The Labute approximate surface area is 241 Å². The Morgan fingerprint density at radius 1 is 0.611 bits per heavy atom. The minimum absolute atomic E-state index is 0. The zero-order valence-corrected chi connectivity index (χ0v) is 23.2. The van der Waals surface area contributed by atoms with E-state index in [4.69, 9.17) is 9.47 Å². The maximum Gasteiger partial charge on any atom is 2.00 e. The average molecular weight is 608 g/mol. The number of amides is 2. The fourth-order valence-corrected chi connectivity index (χ4v) is 3.97. The number of hydrogen-bond acceptors (Lipinski definition) is 6. The second kappa shape index (κ2) is 23.1. The molecule has 10 heteroatoms. The third kappa shape index (κ3) is 18.0. The molecule has 0 saturated carbocycles.